The van der Waals surface area contributed by atoms with Crippen LogP contribution in [-0.2, 0) is 6.61 Å². The van der Waals surface area contributed by atoms with Gasteiger partial charge in [-0.1, -0.05) is 6.07 Å². The molecule has 154 valence electrons. The number of furan rings is 1. The number of ether oxygens (including phenoxy) is 2. The Bertz CT molecular complexity index is 1090. The van der Waals surface area contributed by atoms with Gasteiger partial charge in [-0.3, -0.25) is 4.79 Å². The molecular weight excluding hydrogens is 503 g/mol. The lowest BCUT2D eigenvalue weighted by molar-refractivity contribution is 0.0657. The van der Waals surface area contributed by atoms with Crippen LogP contribution in [0, 0.1) is 3.57 Å². The van der Waals surface area contributed by atoms with E-state index in [4.69, 9.17) is 19.0 Å². The van der Waals surface area contributed by atoms with E-state index >= 15 is 0 Å². The van der Waals surface area contributed by atoms with Crippen molar-refractivity contribution in [3.05, 3.63) is 80.8 Å². The summed E-state index contributed by atoms with van der Waals surface area (Å²) in [5.41, 5.74) is 3.69. The molecule has 1 aromatic heterocycles. The first-order valence-electron chi connectivity index (χ1n) is 8.68. The van der Waals surface area contributed by atoms with Crippen molar-refractivity contribution in [3.8, 4) is 11.5 Å². The predicted octanol–water partition coefficient (Wildman–Crippen LogP) is 3.93. The van der Waals surface area contributed by atoms with Crippen LogP contribution < -0.4 is 14.9 Å². The number of methoxy groups -OCH3 is 1. The summed E-state index contributed by atoms with van der Waals surface area (Å²) in [6, 6.07) is 15.2. The van der Waals surface area contributed by atoms with Gasteiger partial charge in [-0.15, -0.1) is 0 Å². The van der Waals surface area contributed by atoms with E-state index in [9.17, 15) is 9.59 Å². The largest absolute Gasteiger partial charge is 0.493 e. The normalized spacial score (nSPS) is 10.7. The van der Waals surface area contributed by atoms with Crippen LogP contribution in [0.2, 0.25) is 0 Å². The summed E-state index contributed by atoms with van der Waals surface area (Å²) in [6.07, 6.45) is 1.49. The fourth-order valence-electron chi connectivity index (χ4n) is 2.46. The van der Waals surface area contributed by atoms with Crippen LogP contribution in [0.15, 0.2) is 64.1 Å². The zero-order valence-corrected chi connectivity index (χ0v) is 18.0. The Kier molecular flexibility index (Phi) is 7.07. The molecule has 0 saturated carbocycles. The van der Waals surface area contributed by atoms with Crippen LogP contribution in [0.4, 0.5) is 0 Å². The van der Waals surface area contributed by atoms with Gasteiger partial charge in [0, 0.05) is 9.13 Å². The number of halogens is 1. The van der Waals surface area contributed by atoms with Crippen LogP contribution in [0.1, 0.15) is 32.2 Å². The Hall–Kier alpha value is -3.34. The second-order valence-corrected chi connectivity index (χ2v) is 7.23. The van der Waals surface area contributed by atoms with E-state index in [1.807, 2.05) is 6.07 Å². The number of nitrogens with one attached hydrogen (secondary N) is 1. The Balaban J connectivity index is 1.62. The highest BCUT2D eigenvalue weighted by molar-refractivity contribution is 14.1. The lowest BCUT2D eigenvalue weighted by Gasteiger charge is -2.10. The zero-order chi connectivity index (χ0) is 21.5. The van der Waals surface area contributed by atoms with E-state index in [0.717, 1.165) is 3.57 Å². The van der Waals surface area contributed by atoms with Crippen molar-refractivity contribution < 1.29 is 28.6 Å². The summed E-state index contributed by atoms with van der Waals surface area (Å²) < 4.78 is 17.1. The highest BCUT2D eigenvalue weighted by Gasteiger charge is 2.11. The van der Waals surface area contributed by atoms with Crippen molar-refractivity contribution >= 4 is 40.7 Å². The Morgan fingerprint density at radius 1 is 1.17 bits per heavy atom. The fourth-order valence-corrected chi connectivity index (χ4v) is 3.01. The molecule has 0 saturated heterocycles. The van der Waals surface area contributed by atoms with Gasteiger partial charge in [0.2, 0.25) is 5.76 Å². The van der Waals surface area contributed by atoms with Crippen molar-refractivity contribution in [1.29, 1.82) is 0 Å². The minimum atomic E-state index is -1.14. The minimum Gasteiger partial charge on any atom is -0.493 e. The van der Waals surface area contributed by atoms with Crippen LogP contribution in [0.3, 0.4) is 0 Å². The fraction of sp³-hybridized carbons (Fsp3) is 0.0952. The lowest BCUT2D eigenvalue weighted by atomic mass is 10.2. The third-order valence-corrected chi connectivity index (χ3v) is 4.57. The Morgan fingerprint density at radius 3 is 2.70 bits per heavy atom. The molecule has 0 aliphatic heterocycles. The van der Waals surface area contributed by atoms with Crippen molar-refractivity contribution in [2.75, 3.05) is 7.11 Å². The number of carboxylic acids is 1. The first-order valence-corrected chi connectivity index (χ1v) is 9.76. The number of aromatic carboxylic acids is 1. The van der Waals surface area contributed by atoms with E-state index in [1.165, 1.54) is 25.5 Å². The summed E-state index contributed by atoms with van der Waals surface area (Å²) in [6.45, 7) is 0.0447. The van der Waals surface area contributed by atoms with Gasteiger partial charge in [0.25, 0.3) is 5.91 Å². The molecule has 1 heterocycles. The summed E-state index contributed by atoms with van der Waals surface area (Å²) in [5.74, 6) is -0.330. The van der Waals surface area contributed by atoms with Crippen molar-refractivity contribution in [2.24, 2.45) is 5.10 Å². The molecule has 0 fully saturated rings. The first-order chi connectivity index (χ1) is 14.5. The van der Waals surface area contributed by atoms with Crippen LogP contribution >= 0.6 is 22.6 Å². The monoisotopic (exact) mass is 520 g/mol. The molecular formula is C21H17IN2O6. The standard InChI is InChI=1S/C21H17IN2O6/c1-28-19-9-13(11-23-24-20(25)14-3-2-4-15(22)10-14)5-7-17(19)29-12-16-6-8-18(30-16)21(26)27/h2-11H,12H2,1H3,(H,24,25)(H,26,27)/b23-11-. The molecule has 30 heavy (non-hydrogen) atoms. The smallest absolute Gasteiger partial charge is 0.371 e. The molecule has 2 aromatic carbocycles. The summed E-state index contributed by atoms with van der Waals surface area (Å²) in [4.78, 5) is 23.0. The van der Waals surface area contributed by atoms with Gasteiger partial charge in [0.15, 0.2) is 11.5 Å². The average molecular weight is 520 g/mol. The van der Waals surface area contributed by atoms with Gasteiger partial charge in [0.05, 0.1) is 13.3 Å². The summed E-state index contributed by atoms with van der Waals surface area (Å²) in [5, 5.41) is 12.9. The number of hydrogen-bond donors (Lipinski definition) is 2. The SMILES string of the molecule is COc1cc(/C=N\NC(=O)c2cccc(I)c2)ccc1OCc1ccc(C(=O)O)o1. The highest BCUT2D eigenvalue weighted by Crippen LogP contribution is 2.28. The summed E-state index contributed by atoms with van der Waals surface area (Å²) in [7, 11) is 1.50. The maximum Gasteiger partial charge on any atom is 0.371 e. The molecule has 0 radical (unpaired) electrons. The molecule has 0 unspecified atom stereocenters. The van der Waals surface area contributed by atoms with Crippen molar-refractivity contribution in [1.82, 2.24) is 5.43 Å². The van der Waals surface area contributed by atoms with E-state index in [2.05, 4.69) is 33.1 Å². The molecule has 3 rings (SSSR count). The number of nitrogens with zero attached hydrogens (tertiary/aromatic N) is 1. The topological polar surface area (TPSA) is 110 Å². The molecule has 0 aliphatic rings. The Labute approximate surface area is 185 Å². The van der Waals surface area contributed by atoms with Crippen LogP contribution in [0.5, 0.6) is 11.5 Å². The Morgan fingerprint density at radius 2 is 2.00 bits per heavy atom. The highest BCUT2D eigenvalue weighted by atomic mass is 127. The van der Waals surface area contributed by atoms with Gasteiger partial charge in [-0.25, -0.2) is 10.2 Å². The third kappa shape index (κ3) is 5.60. The van der Waals surface area contributed by atoms with E-state index in [1.54, 1.807) is 36.4 Å². The molecule has 0 aliphatic carbocycles. The van der Waals surface area contributed by atoms with Gasteiger partial charge in [-0.2, -0.15) is 5.10 Å². The van der Waals surface area contributed by atoms with E-state index in [-0.39, 0.29) is 18.3 Å². The zero-order valence-electron chi connectivity index (χ0n) is 15.8. The second kappa shape index (κ2) is 9.92. The molecule has 0 spiro atoms. The third-order valence-electron chi connectivity index (χ3n) is 3.90. The molecule has 3 aromatic rings. The number of rotatable bonds is 8. The van der Waals surface area contributed by atoms with Gasteiger partial charge in [-0.05, 0) is 76.7 Å². The molecule has 9 heteroatoms. The molecule has 1 amide bonds. The number of benzene rings is 2. The molecule has 8 nitrogen and oxygen atoms in total. The van der Waals surface area contributed by atoms with Gasteiger partial charge in [0.1, 0.15) is 12.4 Å². The number of hydrogen-bond acceptors (Lipinski definition) is 6. The maximum absolute atomic E-state index is 12.1. The van der Waals surface area contributed by atoms with Crippen LogP contribution in [-0.4, -0.2) is 30.3 Å². The quantitative estimate of drug-likeness (QED) is 0.265. The molecule has 0 atom stereocenters. The van der Waals surface area contributed by atoms with Gasteiger partial charge < -0.3 is 19.0 Å². The predicted molar refractivity (Wildman–Crippen MR) is 117 cm³/mol. The minimum absolute atomic E-state index is 0.0447. The van der Waals surface area contributed by atoms with Crippen LogP contribution in [0.25, 0.3) is 0 Å². The number of carboxylic acid groups (broad SMARTS) is 1. The molecule has 2 N–H and O–H groups in total. The number of amides is 1. The summed E-state index contributed by atoms with van der Waals surface area (Å²) >= 11 is 2.13. The van der Waals surface area contributed by atoms with E-state index in [0.29, 0.717) is 28.4 Å². The van der Waals surface area contributed by atoms with E-state index < -0.39 is 5.97 Å². The lowest BCUT2D eigenvalue weighted by Crippen LogP contribution is -2.17. The van der Waals surface area contributed by atoms with Gasteiger partial charge >= 0.3 is 5.97 Å². The maximum atomic E-state index is 12.1. The number of hydrazone groups is 1. The number of carbonyl (C=O) groups excluding carboxylic acids is 1. The second-order valence-electron chi connectivity index (χ2n) is 5.98. The number of carbonyl (C=O) groups is 2. The molecule has 0 bridgehead atoms. The first kappa shape index (κ1) is 21.4. The average Bonchev–Trinajstić information content (AvgIpc) is 3.22. The van der Waals surface area contributed by atoms with Crippen molar-refractivity contribution in [3.63, 3.8) is 0 Å². The van der Waals surface area contributed by atoms with Crippen molar-refractivity contribution in [2.45, 2.75) is 6.61 Å².